The third-order valence-corrected chi connectivity index (χ3v) is 4.81. The van der Waals surface area contributed by atoms with Crippen LogP contribution in [0.2, 0.25) is 0 Å². The lowest BCUT2D eigenvalue weighted by molar-refractivity contribution is 0.0529. The van der Waals surface area contributed by atoms with Crippen LogP contribution < -0.4 is 10.1 Å². The fourth-order valence-corrected chi connectivity index (χ4v) is 3.58. The summed E-state index contributed by atoms with van der Waals surface area (Å²) in [5.74, 6) is -0.191. The van der Waals surface area contributed by atoms with Crippen LogP contribution in [-0.2, 0) is 4.74 Å². The van der Waals surface area contributed by atoms with Crippen molar-refractivity contribution >= 4 is 28.2 Å². The van der Waals surface area contributed by atoms with E-state index in [2.05, 4.69) is 5.32 Å². The van der Waals surface area contributed by atoms with Crippen LogP contribution in [0.15, 0.2) is 60.0 Å². The van der Waals surface area contributed by atoms with E-state index in [0.29, 0.717) is 21.9 Å². The summed E-state index contributed by atoms with van der Waals surface area (Å²) in [7, 11) is 1.54. The number of hydrogen-bond acceptors (Lipinski definition) is 5. The van der Waals surface area contributed by atoms with Gasteiger partial charge >= 0.3 is 5.97 Å². The molecule has 0 aliphatic carbocycles. The Morgan fingerprint density at radius 3 is 2.56 bits per heavy atom. The molecule has 0 aliphatic rings. The van der Waals surface area contributed by atoms with Gasteiger partial charge in [-0.3, -0.25) is 4.79 Å². The van der Waals surface area contributed by atoms with Gasteiger partial charge in [0.05, 0.1) is 13.7 Å². The minimum absolute atomic E-state index is 0.256. The molecule has 1 amide bonds. The molecule has 27 heavy (non-hydrogen) atoms. The Bertz CT molecular complexity index is 950. The maximum atomic E-state index is 12.6. The van der Waals surface area contributed by atoms with Crippen LogP contribution in [0.4, 0.5) is 5.00 Å². The predicted molar refractivity (Wildman–Crippen MR) is 107 cm³/mol. The SMILES string of the molecule is CCOC(=O)c1c(-c2ccccc2)csc1NC(=O)c1cccc(OC)c1. The first-order valence-corrected chi connectivity index (χ1v) is 9.31. The standard InChI is InChI=1S/C21H19NO4S/c1-3-26-21(24)18-17(14-8-5-4-6-9-14)13-27-20(18)22-19(23)15-10-7-11-16(12-15)25-2/h4-13H,3H2,1-2H3,(H,22,23). The number of nitrogens with one attached hydrogen (secondary N) is 1. The molecule has 0 atom stereocenters. The third-order valence-electron chi connectivity index (χ3n) is 3.91. The van der Waals surface area contributed by atoms with E-state index in [1.165, 1.54) is 11.3 Å². The highest BCUT2D eigenvalue weighted by atomic mass is 32.1. The van der Waals surface area contributed by atoms with Crippen molar-refractivity contribution in [3.63, 3.8) is 0 Å². The minimum atomic E-state index is -0.460. The molecule has 6 heteroatoms. The Hall–Kier alpha value is -3.12. The number of ether oxygens (including phenoxy) is 2. The number of methoxy groups -OCH3 is 1. The van der Waals surface area contributed by atoms with Crippen LogP contribution in [0, 0.1) is 0 Å². The van der Waals surface area contributed by atoms with Gasteiger partial charge in [0, 0.05) is 16.5 Å². The number of benzene rings is 2. The molecule has 0 saturated carbocycles. The Morgan fingerprint density at radius 2 is 1.85 bits per heavy atom. The molecule has 0 saturated heterocycles. The van der Waals surface area contributed by atoms with Crippen LogP contribution >= 0.6 is 11.3 Å². The largest absolute Gasteiger partial charge is 0.497 e. The summed E-state index contributed by atoms with van der Waals surface area (Å²) in [5, 5.41) is 5.14. The molecule has 0 bridgehead atoms. The molecule has 1 aromatic heterocycles. The van der Waals surface area contributed by atoms with Gasteiger partial charge in [0.1, 0.15) is 16.3 Å². The molecule has 138 valence electrons. The number of carbonyl (C=O) groups excluding carboxylic acids is 2. The molecule has 0 fully saturated rings. The van der Waals surface area contributed by atoms with Crippen molar-refractivity contribution in [2.24, 2.45) is 0 Å². The second kappa shape index (κ2) is 8.51. The number of hydrogen-bond donors (Lipinski definition) is 1. The summed E-state index contributed by atoms with van der Waals surface area (Å²) >= 11 is 1.29. The van der Waals surface area contributed by atoms with Crippen LogP contribution in [0.1, 0.15) is 27.6 Å². The first kappa shape index (κ1) is 18.7. The Balaban J connectivity index is 1.96. The molecule has 1 N–H and O–H groups in total. The summed E-state index contributed by atoms with van der Waals surface area (Å²) < 4.78 is 10.4. The lowest BCUT2D eigenvalue weighted by atomic mass is 10.0. The Morgan fingerprint density at radius 1 is 1.07 bits per heavy atom. The topological polar surface area (TPSA) is 64.6 Å². The predicted octanol–water partition coefficient (Wildman–Crippen LogP) is 4.85. The smallest absolute Gasteiger partial charge is 0.341 e. The monoisotopic (exact) mass is 381 g/mol. The molecular weight excluding hydrogens is 362 g/mol. The van der Waals surface area contributed by atoms with Crippen LogP contribution in [0.5, 0.6) is 5.75 Å². The minimum Gasteiger partial charge on any atom is -0.497 e. The summed E-state index contributed by atoms with van der Waals surface area (Å²) in [4.78, 5) is 25.2. The number of rotatable bonds is 6. The number of anilines is 1. The maximum Gasteiger partial charge on any atom is 0.341 e. The van der Waals surface area contributed by atoms with Crippen LogP contribution in [0.3, 0.4) is 0 Å². The van der Waals surface area contributed by atoms with Crippen LogP contribution in [0.25, 0.3) is 11.1 Å². The van der Waals surface area contributed by atoms with Crippen molar-refractivity contribution in [3.05, 3.63) is 71.1 Å². The second-order valence-electron chi connectivity index (χ2n) is 5.63. The number of carbonyl (C=O) groups is 2. The summed E-state index contributed by atoms with van der Waals surface area (Å²) in [6.45, 7) is 2.01. The van der Waals surface area contributed by atoms with E-state index >= 15 is 0 Å². The number of thiophene rings is 1. The zero-order chi connectivity index (χ0) is 19.2. The normalized spacial score (nSPS) is 10.3. The summed E-state index contributed by atoms with van der Waals surface area (Å²) in [6.07, 6.45) is 0. The van der Waals surface area contributed by atoms with Gasteiger partial charge in [0.15, 0.2) is 0 Å². The fraction of sp³-hybridized carbons (Fsp3) is 0.143. The lowest BCUT2D eigenvalue weighted by Gasteiger charge is -2.09. The first-order chi connectivity index (χ1) is 13.1. The summed E-state index contributed by atoms with van der Waals surface area (Å²) in [6, 6.07) is 16.4. The molecular formula is C21H19NO4S. The second-order valence-corrected chi connectivity index (χ2v) is 6.51. The molecule has 5 nitrogen and oxygen atoms in total. The van der Waals surface area contributed by atoms with E-state index < -0.39 is 5.97 Å². The van der Waals surface area contributed by atoms with Crippen LogP contribution in [-0.4, -0.2) is 25.6 Å². The average molecular weight is 381 g/mol. The highest BCUT2D eigenvalue weighted by Crippen LogP contribution is 2.36. The molecule has 0 radical (unpaired) electrons. The summed E-state index contributed by atoms with van der Waals surface area (Å²) in [5.41, 5.74) is 2.43. The van der Waals surface area contributed by atoms with Crippen molar-refractivity contribution in [1.82, 2.24) is 0 Å². The van der Waals surface area contributed by atoms with Gasteiger partial charge in [-0.1, -0.05) is 36.4 Å². The maximum absolute atomic E-state index is 12.6. The third kappa shape index (κ3) is 4.17. The molecule has 1 heterocycles. The van der Waals surface area contributed by atoms with Gasteiger partial charge in [-0.05, 0) is 30.7 Å². The van der Waals surface area contributed by atoms with Crippen molar-refractivity contribution in [2.45, 2.75) is 6.92 Å². The molecule has 0 aliphatic heterocycles. The van der Waals surface area contributed by atoms with E-state index in [1.54, 1.807) is 38.3 Å². The van der Waals surface area contributed by atoms with Gasteiger partial charge in [0.2, 0.25) is 0 Å². The quantitative estimate of drug-likeness (QED) is 0.620. The highest BCUT2D eigenvalue weighted by molar-refractivity contribution is 7.15. The van der Waals surface area contributed by atoms with Gasteiger partial charge in [-0.15, -0.1) is 11.3 Å². The van der Waals surface area contributed by atoms with Crippen molar-refractivity contribution in [2.75, 3.05) is 19.0 Å². The molecule has 3 aromatic rings. The van der Waals surface area contributed by atoms with E-state index in [0.717, 1.165) is 11.1 Å². The molecule has 3 rings (SSSR count). The van der Waals surface area contributed by atoms with Crippen molar-refractivity contribution < 1.29 is 19.1 Å². The lowest BCUT2D eigenvalue weighted by Crippen LogP contribution is -2.14. The highest BCUT2D eigenvalue weighted by Gasteiger charge is 2.23. The van der Waals surface area contributed by atoms with E-state index in [-0.39, 0.29) is 12.5 Å². The first-order valence-electron chi connectivity index (χ1n) is 8.43. The fourth-order valence-electron chi connectivity index (χ4n) is 2.63. The van der Waals surface area contributed by atoms with Gasteiger partial charge in [-0.2, -0.15) is 0 Å². The molecule has 0 unspecified atom stereocenters. The number of amides is 1. The molecule has 2 aromatic carbocycles. The zero-order valence-electron chi connectivity index (χ0n) is 15.0. The van der Waals surface area contributed by atoms with E-state index in [9.17, 15) is 9.59 Å². The van der Waals surface area contributed by atoms with Gasteiger partial charge in [-0.25, -0.2) is 4.79 Å². The van der Waals surface area contributed by atoms with E-state index in [4.69, 9.17) is 9.47 Å². The van der Waals surface area contributed by atoms with Crippen molar-refractivity contribution in [3.8, 4) is 16.9 Å². The zero-order valence-corrected chi connectivity index (χ0v) is 15.8. The Labute approximate surface area is 161 Å². The number of esters is 1. The van der Waals surface area contributed by atoms with Gasteiger partial charge < -0.3 is 14.8 Å². The van der Waals surface area contributed by atoms with Gasteiger partial charge in [0.25, 0.3) is 5.91 Å². The Kier molecular flexibility index (Phi) is 5.88. The van der Waals surface area contributed by atoms with Crippen molar-refractivity contribution in [1.29, 1.82) is 0 Å². The molecule has 0 spiro atoms. The van der Waals surface area contributed by atoms with E-state index in [1.807, 2.05) is 35.7 Å². The average Bonchev–Trinajstić information content (AvgIpc) is 3.12.